The Morgan fingerprint density at radius 3 is 1.65 bits per heavy atom. The second kappa shape index (κ2) is 21.0. The highest BCUT2D eigenvalue weighted by Gasteiger charge is 2.17. The number of carbonyl (C=O) groups excluding carboxylic acids is 1. The van der Waals surface area contributed by atoms with E-state index in [1.807, 2.05) is 19.1 Å². The predicted molar refractivity (Wildman–Crippen MR) is 148 cm³/mol. The van der Waals surface area contributed by atoms with Gasteiger partial charge in [-0.25, -0.2) is 0 Å². The Bertz CT molecular complexity index is 598. The Labute approximate surface area is 211 Å². The first-order valence-electron chi connectivity index (χ1n) is 14.7. The normalized spacial score (nSPS) is 13.1. The first kappa shape index (κ1) is 30.7. The summed E-state index contributed by atoms with van der Waals surface area (Å²) in [5, 5.41) is 13.4. The van der Waals surface area contributed by atoms with Crippen molar-refractivity contribution in [1.29, 1.82) is 0 Å². The number of hydrogen-bond acceptors (Lipinski definition) is 2. The largest absolute Gasteiger partial charge is 0.391 e. The number of hydrogen-bond donors (Lipinski definition) is 2. The lowest BCUT2D eigenvalue weighted by atomic mass is 10.0. The molecule has 2 N–H and O–H groups in total. The average molecular weight is 474 g/mol. The molecule has 0 aliphatic rings. The quantitative estimate of drug-likeness (QED) is 0.165. The Morgan fingerprint density at radius 1 is 0.706 bits per heavy atom. The van der Waals surface area contributed by atoms with Gasteiger partial charge in [-0.1, -0.05) is 129 Å². The fourth-order valence-electron chi connectivity index (χ4n) is 4.59. The molecule has 0 saturated carbocycles. The van der Waals surface area contributed by atoms with Gasteiger partial charge < -0.3 is 10.4 Å². The maximum atomic E-state index is 12.6. The second-order valence-corrected chi connectivity index (χ2v) is 10.4. The van der Waals surface area contributed by atoms with Crippen molar-refractivity contribution in [2.75, 3.05) is 0 Å². The first-order valence-corrected chi connectivity index (χ1v) is 14.7. The predicted octanol–water partition coefficient (Wildman–Crippen LogP) is 8.77. The lowest BCUT2D eigenvalue weighted by Gasteiger charge is -2.20. The van der Waals surface area contributed by atoms with Gasteiger partial charge >= 0.3 is 0 Å². The summed E-state index contributed by atoms with van der Waals surface area (Å²) in [6, 6.07) is 7.76. The maximum absolute atomic E-state index is 12.6. The molecule has 0 spiro atoms. The zero-order valence-electron chi connectivity index (χ0n) is 22.8. The van der Waals surface area contributed by atoms with Gasteiger partial charge in [0.2, 0.25) is 0 Å². The van der Waals surface area contributed by atoms with Crippen LogP contribution in [0.2, 0.25) is 0 Å². The monoisotopic (exact) mass is 473 g/mol. The van der Waals surface area contributed by atoms with E-state index in [1.54, 1.807) is 0 Å². The summed E-state index contributed by atoms with van der Waals surface area (Å²) in [5.41, 5.74) is 1.98. The Morgan fingerprint density at radius 2 is 1.15 bits per heavy atom. The van der Waals surface area contributed by atoms with Gasteiger partial charge in [0, 0.05) is 5.56 Å². The van der Waals surface area contributed by atoms with Crippen molar-refractivity contribution in [1.82, 2.24) is 5.32 Å². The first-order chi connectivity index (χ1) is 16.6. The third kappa shape index (κ3) is 15.5. The molecule has 0 bridgehead atoms. The van der Waals surface area contributed by atoms with E-state index in [0.717, 1.165) is 19.3 Å². The molecule has 1 rings (SSSR count). The molecule has 34 heavy (non-hydrogen) atoms. The van der Waals surface area contributed by atoms with Crippen molar-refractivity contribution >= 4 is 5.91 Å². The molecule has 1 aromatic rings. The van der Waals surface area contributed by atoms with E-state index in [4.69, 9.17) is 0 Å². The van der Waals surface area contributed by atoms with Gasteiger partial charge in [-0.3, -0.25) is 4.79 Å². The molecule has 196 valence electrons. The summed E-state index contributed by atoms with van der Waals surface area (Å²) in [4.78, 5) is 12.6. The molecule has 3 heteroatoms. The summed E-state index contributed by atoms with van der Waals surface area (Å²) >= 11 is 0. The van der Waals surface area contributed by atoms with Crippen LogP contribution in [0.25, 0.3) is 0 Å². The standard InChI is InChI=1S/C31H55NO2/c1-4-6-8-10-11-12-13-14-15-16-18-20-22-30(33)27(3)32-31(34)29-25-23-28(24-26-29)21-19-17-9-7-5-2/h23-27,30,33H,4-22H2,1-3H3,(H,32,34)/t27-,30-/m1/s1. The smallest absolute Gasteiger partial charge is 0.251 e. The van der Waals surface area contributed by atoms with Crippen LogP contribution in [0.1, 0.15) is 152 Å². The van der Waals surface area contributed by atoms with Gasteiger partial charge in [-0.15, -0.1) is 0 Å². The molecule has 3 nitrogen and oxygen atoms in total. The van der Waals surface area contributed by atoms with E-state index in [9.17, 15) is 9.90 Å². The zero-order chi connectivity index (χ0) is 24.9. The molecule has 0 heterocycles. The summed E-state index contributed by atoms with van der Waals surface area (Å²) in [5.74, 6) is -0.0873. The van der Waals surface area contributed by atoms with Gasteiger partial charge in [0.25, 0.3) is 5.91 Å². The number of nitrogens with one attached hydrogen (secondary N) is 1. The SMILES string of the molecule is CCCCCCCCCCCCCC[C@@H](O)[C@@H](C)NC(=O)c1ccc(CCCCCCC)cc1. The van der Waals surface area contributed by atoms with Gasteiger partial charge in [-0.2, -0.15) is 0 Å². The average Bonchev–Trinajstić information content (AvgIpc) is 2.84. The van der Waals surface area contributed by atoms with Gasteiger partial charge in [0.1, 0.15) is 0 Å². The van der Waals surface area contributed by atoms with Crippen LogP contribution >= 0.6 is 0 Å². The van der Waals surface area contributed by atoms with Crippen molar-refractivity contribution in [3.63, 3.8) is 0 Å². The van der Waals surface area contributed by atoms with Crippen molar-refractivity contribution < 1.29 is 9.90 Å². The van der Waals surface area contributed by atoms with E-state index in [2.05, 4.69) is 31.3 Å². The molecule has 0 saturated heterocycles. The molecule has 1 aromatic carbocycles. The lowest BCUT2D eigenvalue weighted by Crippen LogP contribution is -2.41. The molecule has 0 aliphatic carbocycles. The Hall–Kier alpha value is -1.35. The minimum atomic E-state index is -0.477. The van der Waals surface area contributed by atoms with E-state index in [1.165, 1.54) is 108 Å². The van der Waals surface area contributed by atoms with Gasteiger partial charge in [0.15, 0.2) is 0 Å². The second-order valence-electron chi connectivity index (χ2n) is 10.4. The maximum Gasteiger partial charge on any atom is 0.251 e. The summed E-state index contributed by atoms with van der Waals surface area (Å²) < 4.78 is 0. The zero-order valence-corrected chi connectivity index (χ0v) is 22.8. The van der Waals surface area contributed by atoms with Crippen molar-refractivity contribution in [3.05, 3.63) is 35.4 Å². The molecule has 2 atom stereocenters. The highest BCUT2D eigenvalue weighted by Crippen LogP contribution is 2.14. The number of amides is 1. The van der Waals surface area contributed by atoms with Crippen LogP contribution in [0.15, 0.2) is 24.3 Å². The van der Waals surface area contributed by atoms with Crippen LogP contribution in [0, 0.1) is 0 Å². The highest BCUT2D eigenvalue weighted by atomic mass is 16.3. The minimum absolute atomic E-state index is 0.0873. The van der Waals surface area contributed by atoms with Crippen molar-refractivity contribution in [3.8, 4) is 0 Å². The van der Waals surface area contributed by atoms with Crippen LogP contribution < -0.4 is 5.32 Å². The third-order valence-electron chi connectivity index (χ3n) is 7.07. The number of aryl methyl sites for hydroxylation is 1. The van der Waals surface area contributed by atoms with E-state index in [0.29, 0.717) is 5.56 Å². The molecule has 0 aromatic heterocycles. The van der Waals surface area contributed by atoms with Gasteiger partial charge in [-0.05, 0) is 43.9 Å². The van der Waals surface area contributed by atoms with Crippen LogP contribution in [0.5, 0.6) is 0 Å². The van der Waals surface area contributed by atoms with Crippen LogP contribution in [-0.2, 0) is 6.42 Å². The van der Waals surface area contributed by atoms with E-state index in [-0.39, 0.29) is 11.9 Å². The number of unbranched alkanes of at least 4 members (excludes halogenated alkanes) is 15. The fraction of sp³-hybridized carbons (Fsp3) is 0.774. The molecule has 0 fully saturated rings. The summed E-state index contributed by atoms with van der Waals surface area (Å²) in [6.07, 6.45) is 23.6. The molecule has 1 amide bonds. The number of aliphatic hydroxyl groups is 1. The fourth-order valence-corrected chi connectivity index (χ4v) is 4.59. The molecule has 0 aliphatic heterocycles. The summed E-state index contributed by atoms with van der Waals surface area (Å²) in [7, 11) is 0. The number of rotatable bonds is 22. The summed E-state index contributed by atoms with van der Waals surface area (Å²) in [6.45, 7) is 6.42. The van der Waals surface area contributed by atoms with E-state index >= 15 is 0 Å². The number of benzene rings is 1. The molecule has 0 unspecified atom stereocenters. The molecule has 0 radical (unpaired) electrons. The van der Waals surface area contributed by atoms with Crippen LogP contribution in [-0.4, -0.2) is 23.2 Å². The van der Waals surface area contributed by atoms with E-state index < -0.39 is 6.10 Å². The number of aliphatic hydroxyl groups excluding tert-OH is 1. The van der Waals surface area contributed by atoms with Crippen molar-refractivity contribution in [2.45, 2.75) is 155 Å². The Kier molecular flexibility index (Phi) is 18.9. The Balaban J connectivity index is 2.10. The topological polar surface area (TPSA) is 49.3 Å². The van der Waals surface area contributed by atoms with Crippen LogP contribution in [0.3, 0.4) is 0 Å². The molecular formula is C31H55NO2. The number of carbonyl (C=O) groups is 1. The minimum Gasteiger partial charge on any atom is -0.391 e. The van der Waals surface area contributed by atoms with Gasteiger partial charge in [0.05, 0.1) is 12.1 Å². The lowest BCUT2D eigenvalue weighted by molar-refractivity contribution is 0.0831. The third-order valence-corrected chi connectivity index (χ3v) is 7.07. The highest BCUT2D eigenvalue weighted by molar-refractivity contribution is 5.94. The van der Waals surface area contributed by atoms with Crippen molar-refractivity contribution in [2.24, 2.45) is 0 Å². The van der Waals surface area contributed by atoms with Crippen LogP contribution in [0.4, 0.5) is 0 Å². The molecular weight excluding hydrogens is 418 g/mol.